The van der Waals surface area contributed by atoms with Gasteiger partial charge in [-0.25, -0.2) is 15.0 Å². The first-order valence-electron chi connectivity index (χ1n) is 8.49. The summed E-state index contributed by atoms with van der Waals surface area (Å²) >= 11 is 0. The van der Waals surface area contributed by atoms with Crippen LogP contribution in [0.3, 0.4) is 0 Å². The maximum atomic E-state index is 6.07. The highest BCUT2D eigenvalue weighted by Gasteiger charge is 2.17. The van der Waals surface area contributed by atoms with E-state index in [1.54, 1.807) is 17.1 Å². The van der Waals surface area contributed by atoms with Crippen LogP contribution in [0.25, 0.3) is 22.3 Å². The molecule has 0 aromatic carbocycles. The van der Waals surface area contributed by atoms with Crippen LogP contribution < -0.4 is 10.6 Å². The molecule has 4 rings (SSSR count). The highest BCUT2D eigenvalue weighted by atomic mass is 16.7. The van der Waals surface area contributed by atoms with E-state index in [1.807, 2.05) is 24.4 Å². The van der Waals surface area contributed by atoms with Gasteiger partial charge in [0.1, 0.15) is 6.61 Å². The summed E-state index contributed by atoms with van der Waals surface area (Å²) in [5.74, 6) is 0.901. The van der Waals surface area contributed by atoms with Crippen molar-refractivity contribution >= 4 is 17.0 Å². The van der Waals surface area contributed by atoms with Crippen LogP contribution in [0.4, 0.5) is 5.95 Å². The fraction of sp³-hybridized carbons (Fsp3) is 0.389. The Labute approximate surface area is 140 Å². The quantitative estimate of drug-likeness (QED) is 0.798. The molecule has 0 aliphatic heterocycles. The zero-order chi connectivity index (χ0) is 16.4. The largest absolute Gasteiger partial charge is 0.412 e. The van der Waals surface area contributed by atoms with Crippen LogP contribution in [0, 0.1) is 5.92 Å². The van der Waals surface area contributed by atoms with Gasteiger partial charge in [0.15, 0.2) is 5.65 Å². The summed E-state index contributed by atoms with van der Waals surface area (Å²) in [7, 11) is 0. The van der Waals surface area contributed by atoms with Crippen molar-refractivity contribution in [3.8, 4) is 11.3 Å². The fourth-order valence-electron chi connectivity index (χ4n) is 3.40. The fourth-order valence-corrected chi connectivity index (χ4v) is 3.40. The Morgan fingerprint density at radius 2 is 2.00 bits per heavy atom. The van der Waals surface area contributed by atoms with Crippen molar-refractivity contribution in [1.29, 1.82) is 0 Å². The van der Waals surface area contributed by atoms with Gasteiger partial charge in [-0.1, -0.05) is 19.3 Å². The maximum Gasteiger partial charge on any atom is 0.220 e. The minimum atomic E-state index is 0.264. The minimum Gasteiger partial charge on any atom is -0.412 e. The lowest BCUT2D eigenvalue weighted by Crippen LogP contribution is -2.21. The van der Waals surface area contributed by atoms with Crippen molar-refractivity contribution in [2.24, 2.45) is 5.92 Å². The molecule has 1 fully saturated rings. The Kier molecular flexibility index (Phi) is 4.02. The van der Waals surface area contributed by atoms with Crippen molar-refractivity contribution in [3.05, 3.63) is 36.8 Å². The molecule has 6 nitrogen and oxygen atoms in total. The van der Waals surface area contributed by atoms with Gasteiger partial charge in [0, 0.05) is 23.3 Å². The van der Waals surface area contributed by atoms with Crippen molar-refractivity contribution in [1.82, 2.24) is 19.7 Å². The van der Waals surface area contributed by atoms with Crippen LogP contribution in [0.1, 0.15) is 32.1 Å². The molecule has 0 saturated heterocycles. The summed E-state index contributed by atoms with van der Waals surface area (Å²) in [5.41, 5.74) is 8.27. The molecule has 3 aromatic heterocycles. The van der Waals surface area contributed by atoms with Crippen LogP contribution in [0.2, 0.25) is 0 Å². The number of nitrogen functional groups attached to an aromatic ring is 1. The Balaban J connectivity index is 1.66. The number of rotatable bonds is 4. The van der Waals surface area contributed by atoms with Gasteiger partial charge < -0.3 is 10.6 Å². The Bertz CT molecular complexity index is 838. The summed E-state index contributed by atoms with van der Waals surface area (Å²) in [6.45, 7) is 0.728. The molecule has 124 valence electrons. The minimum absolute atomic E-state index is 0.264. The van der Waals surface area contributed by atoms with Crippen molar-refractivity contribution in [2.45, 2.75) is 32.1 Å². The summed E-state index contributed by atoms with van der Waals surface area (Å²) < 4.78 is 1.78. The average Bonchev–Trinajstić information content (AvgIpc) is 3.00. The molecular weight excluding hydrogens is 302 g/mol. The molecule has 0 atom stereocenters. The second-order valence-corrected chi connectivity index (χ2v) is 6.34. The molecule has 3 heterocycles. The number of hydrogen-bond donors (Lipinski definition) is 1. The van der Waals surface area contributed by atoms with Gasteiger partial charge in [0.2, 0.25) is 5.95 Å². The number of fused-ring (bicyclic) bond motifs is 1. The number of nitrogens with zero attached hydrogens (tertiary/aromatic N) is 4. The molecular formula is C18H21N5O. The van der Waals surface area contributed by atoms with E-state index >= 15 is 0 Å². The van der Waals surface area contributed by atoms with E-state index in [9.17, 15) is 0 Å². The predicted molar refractivity (Wildman–Crippen MR) is 93.2 cm³/mol. The van der Waals surface area contributed by atoms with E-state index in [2.05, 4.69) is 15.0 Å². The SMILES string of the molecule is Nc1nccc(-c2cn(OCC3CCCCC3)c3ncccc23)n1. The van der Waals surface area contributed by atoms with E-state index in [0.29, 0.717) is 5.92 Å². The van der Waals surface area contributed by atoms with Crippen molar-refractivity contribution in [2.75, 3.05) is 12.3 Å². The lowest BCUT2D eigenvalue weighted by molar-refractivity contribution is 0.0752. The van der Waals surface area contributed by atoms with Crippen LogP contribution >= 0.6 is 0 Å². The normalized spacial score (nSPS) is 15.7. The average molecular weight is 323 g/mol. The predicted octanol–water partition coefficient (Wildman–Crippen LogP) is 3.08. The lowest BCUT2D eigenvalue weighted by atomic mass is 9.90. The molecule has 0 amide bonds. The van der Waals surface area contributed by atoms with Gasteiger partial charge in [-0.2, -0.15) is 4.73 Å². The Hall–Kier alpha value is -2.63. The van der Waals surface area contributed by atoms with E-state index in [1.165, 1.54) is 32.1 Å². The molecule has 0 spiro atoms. The molecule has 1 saturated carbocycles. The van der Waals surface area contributed by atoms with Gasteiger partial charge in [-0.15, -0.1) is 0 Å². The zero-order valence-corrected chi connectivity index (χ0v) is 13.6. The second-order valence-electron chi connectivity index (χ2n) is 6.34. The summed E-state index contributed by atoms with van der Waals surface area (Å²) in [6.07, 6.45) is 11.9. The number of anilines is 1. The van der Waals surface area contributed by atoms with Gasteiger partial charge >= 0.3 is 0 Å². The Morgan fingerprint density at radius 1 is 1.12 bits per heavy atom. The van der Waals surface area contributed by atoms with Gasteiger partial charge in [0.05, 0.1) is 11.9 Å². The molecule has 0 unspecified atom stereocenters. The molecule has 0 bridgehead atoms. The van der Waals surface area contributed by atoms with Gasteiger partial charge in [0.25, 0.3) is 0 Å². The lowest BCUT2D eigenvalue weighted by Gasteiger charge is -2.21. The Morgan fingerprint density at radius 3 is 2.83 bits per heavy atom. The molecule has 24 heavy (non-hydrogen) atoms. The van der Waals surface area contributed by atoms with Crippen LogP contribution in [-0.2, 0) is 0 Å². The molecule has 6 heteroatoms. The first-order chi connectivity index (χ1) is 11.8. The van der Waals surface area contributed by atoms with Crippen molar-refractivity contribution in [3.63, 3.8) is 0 Å². The maximum absolute atomic E-state index is 6.07. The van der Waals surface area contributed by atoms with Gasteiger partial charge in [-0.05, 0) is 37.0 Å². The van der Waals surface area contributed by atoms with Crippen LogP contribution in [0.5, 0.6) is 0 Å². The van der Waals surface area contributed by atoms with Crippen molar-refractivity contribution < 1.29 is 4.84 Å². The molecule has 0 radical (unpaired) electrons. The zero-order valence-electron chi connectivity index (χ0n) is 13.6. The third-order valence-electron chi connectivity index (χ3n) is 4.66. The smallest absolute Gasteiger partial charge is 0.220 e. The summed E-state index contributed by atoms with van der Waals surface area (Å²) in [4.78, 5) is 18.8. The van der Waals surface area contributed by atoms with E-state index in [4.69, 9.17) is 10.6 Å². The summed E-state index contributed by atoms with van der Waals surface area (Å²) in [5, 5.41) is 0.999. The monoisotopic (exact) mass is 323 g/mol. The highest BCUT2D eigenvalue weighted by molar-refractivity contribution is 5.92. The highest BCUT2D eigenvalue weighted by Crippen LogP contribution is 2.28. The first kappa shape index (κ1) is 14.9. The second kappa shape index (κ2) is 6.47. The van der Waals surface area contributed by atoms with E-state index in [0.717, 1.165) is 28.9 Å². The third-order valence-corrected chi connectivity index (χ3v) is 4.66. The van der Waals surface area contributed by atoms with E-state index < -0.39 is 0 Å². The molecule has 2 N–H and O–H groups in total. The van der Waals surface area contributed by atoms with Crippen LogP contribution in [0.15, 0.2) is 36.8 Å². The number of hydrogen-bond acceptors (Lipinski definition) is 5. The summed E-state index contributed by atoms with van der Waals surface area (Å²) in [6, 6.07) is 5.79. The van der Waals surface area contributed by atoms with Gasteiger partial charge in [-0.3, -0.25) is 0 Å². The number of aromatic nitrogens is 4. The molecule has 1 aliphatic rings. The molecule has 1 aliphatic carbocycles. The number of nitrogens with two attached hydrogens (primary N) is 1. The molecule has 3 aromatic rings. The third kappa shape index (κ3) is 2.91. The number of pyridine rings is 1. The standard InChI is InChI=1S/C18H21N5O/c19-18-21-10-8-16(22-18)15-11-23(17-14(15)7-4-9-20-17)24-12-13-5-2-1-3-6-13/h4,7-11,13H,1-3,5-6,12H2,(H2,19,21,22). The first-order valence-corrected chi connectivity index (χ1v) is 8.49. The topological polar surface area (TPSA) is 78.8 Å². The van der Waals surface area contributed by atoms with E-state index in [-0.39, 0.29) is 5.95 Å². The van der Waals surface area contributed by atoms with Crippen LogP contribution in [-0.4, -0.2) is 26.3 Å².